The maximum atomic E-state index is 12.7. The molecule has 2 rings (SSSR count). The van der Waals surface area contributed by atoms with E-state index in [0.717, 1.165) is 11.8 Å². The minimum Gasteiger partial charge on any atom is -0.359 e. The number of H-pyrrole nitrogens is 1. The quantitative estimate of drug-likeness (QED) is 0.819. The van der Waals surface area contributed by atoms with Crippen molar-refractivity contribution in [3.05, 3.63) is 47.2 Å². The zero-order chi connectivity index (χ0) is 13.3. The number of aromatic nitrogens is 1. The Morgan fingerprint density at radius 1 is 1.22 bits per heavy atom. The summed E-state index contributed by atoms with van der Waals surface area (Å²) in [5.74, 6) is 0. The fourth-order valence-electron chi connectivity index (χ4n) is 1.83. The van der Waals surface area contributed by atoms with Gasteiger partial charge in [0.1, 0.15) is 6.07 Å². The van der Waals surface area contributed by atoms with E-state index in [1.54, 1.807) is 37.3 Å². The van der Waals surface area contributed by atoms with Crippen molar-refractivity contribution in [1.82, 2.24) is 4.98 Å². The Kier molecular flexibility index (Phi) is 2.87. The molecule has 1 aromatic heterocycles. The molecule has 92 valence electrons. The van der Waals surface area contributed by atoms with E-state index in [1.807, 2.05) is 0 Å². The van der Waals surface area contributed by atoms with Crippen LogP contribution in [0.2, 0.25) is 0 Å². The van der Waals surface area contributed by atoms with Crippen LogP contribution in [0.3, 0.4) is 0 Å². The predicted molar refractivity (Wildman–Crippen MR) is 60.7 cm³/mol. The SMILES string of the molecule is Cc1ccccc1-c1[nH]cc(C(F)(F)F)c1C#N. The second-order valence-corrected chi connectivity index (χ2v) is 3.88. The minimum atomic E-state index is -4.53. The number of nitrogens with zero attached hydrogens (tertiary/aromatic N) is 1. The summed E-state index contributed by atoms with van der Waals surface area (Å²) in [7, 11) is 0. The summed E-state index contributed by atoms with van der Waals surface area (Å²) in [4.78, 5) is 2.55. The molecule has 0 saturated heterocycles. The van der Waals surface area contributed by atoms with Crippen molar-refractivity contribution in [2.45, 2.75) is 13.1 Å². The molecule has 1 aromatic carbocycles. The van der Waals surface area contributed by atoms with Crippen molar-refractivity contribution in [2.24, 2.45) is 0 Å². The summed E-state index contributed by atoms with van der Waals surface area (Å²) in [5, 5.41) is 8.93. The third-order valence-electron chi connectivity index (χ3n) is 2.71. The van der Waals surface area contributed by atoms with Gasteiger partial charge >= 0.3 is 6.18 Å². The van der Waals surface area contributed by atoms with Crippen LogP contribution in [-0.2, 0) is 6.18 Å². The molecule has 0 radical (unpaired) electrons. The molecule has 0 fully saturated rings. The first-order valence-corrected chi connectivity index (χ1v) is 5.20. The van der Waals surface area contributed by atoms with Crippen molar-refractivity contribution in [3.63, 3.8) is 0 Å². The van der Waals surface area contributed by atoms with E-state index < -0.39 is 11.7 Å². The van der Waals surface area contributed by atoms with Gasteiger partial charge in [-0.2, -0.15) is 18.4 Å². The molecule has 0 amide bonds. The third-order valence-corrected chi connectivity index (χ3v) is 2.71. The highest BCUT2D eigenvalue weighted by Gasteiger charge is 2.36. The van der Waals surface area contributed by atoms with Crippen LogP contribution in [0.15, 0.2) is 30.5 Å². The van der Waals surface area contributed by atoms with E-state index in [1.165, 1.54) is 0 Å². The van der Waals surface area contributed by atoms with Crippen LogP contribution >= 0.6 is 0 Å². The molecule has 18 heavy (non-hydrogen) atoms. The van der Waals surface area contributed by atoms with E-state index >= 15 is 0 Å². The molecule has 5 heteroatoms. The molecule has 0 spiro atoms. The van der Waals surface area contributed by atoms with Crippen molar-refractivity contribution < 1.29 is 13.2 Å². The lowest BCUT2D eigenvalue weighted by atomic mass is 10.0. The van der Waals surface area contributed by atoms with Crippen LogP contribution in [0.1, 0.15) is 16.7 Å². The van der Waals surface area contributed by atoms with Crippen LogP contribution in [0.25, 0.3) is 11.3 Å². The van der Waals surface area contributed by atoms with Crippen LogP contribution in [0.4, 0.5) is 13.2 Å². The number of alkyl halides is 3. The largest absolute Gasteiger partial charge is 0.419 e. The van der Waals surface area contributed by atoms with Crippen molar-refractivity contribution >= 4 is 0 Å². The van der Waals surface area contributed by atoms with Crippen LogP contribution in [0.5, 0.6) is 0 Å². The summed E-state index contributed by atoms with van der Waals surface area (Å²) < 4.78 is 38.1. The zero-order valence-electron chi connectivity index (χ0n) is 9.47. The Labute approximate surface area is 102 Å². The van der Waals surface area contributed by atoms with Gasteiger partial charge in [0, 0.05) is 11.8 Å². The van der Waals surface area contributed by atoms with Crippen LogP contribution in [0, 0.1) is 18.3 Å². The summed E-state index contributed by atoms with van der Waals surface area (Å²) in [6.45, 7) is 1.78. The van der Waals surface area contributed by atoms with E-state index in [2.05, 4.69) is 4.98 Å². The summed E-state index contributed by atoms with van der Waals surface area (Å²) in [6.07, 6.45) is -3.69. The number of benzene rings is 1. The minimum absolute atomic E-state index is 0.211. The number of aryl methyl sites for hydroxylation is 1. The lowest BCUT2D eigenvalue weighted by Gasteiger charge is -2.06. The van der Waals surface area contributed by atoms with E-state index in [9.17, 15) is 13.2 Å². The summed E-state index contributed by atoms with van der Waals surface area (Å²) in [5.41, 5.74) is 0.331. The van der Waals surface area contributed by atoms with Gasteiger partial charge in [-0.05, 0) is 12.5 Å². The van der Waals surface area contributed by atoms with Gasteiger partial charge in [0.25, 0.3) is 0 Å². The molecule has 0 saturated carbocycles. The highest BCUT2D eigenvalue weighted by molar-refractivity contribution is 5.72. The Morgan fingerprint density at radius 3 is 2.44 bits per heavy atom. The van der Waals surface area contributed by atoms with Gasteiger partial charge in [-0.15, -0.1) is 0 Å². The fraction of sp³-hybridized carbons (Fsp3) is 0.154. The molecular weight excluding hydrogens is 241 g/mol. The zero-order valence-corrected chi connectivity index (χ0v) is 9.47. The third kappa shape index (κ3) is 1.97. The molecule has 2 aromatic rings. The average molecular weight is 250 g/mol. The van der Waals surface area contributed by atoms with Gasteiger partial charge in [-0.1, -0.05) is 24.3 Å². The summed E-state index contributed by atoms with van der Waals surface area (Å²) in [6, 6.07) is 8.60. The van der Waals surface area contributed by atoms with Gasteiger partial charge in [0.2, 0.25) is 0 Å². The smallest absolute Gasteiger partial charge is 0.359 e. The Bertz CT molecular complexity index is 618. The number of hydrogen-bond acceptors (Lipinski definition) is 1. The monoisotopic (exact) mass is 250 g/mol. The van der Waals surface area contributed by atoms with E-state index in [0.29, 0.717) is 5.56 Å². The standard InChI is InChI=1S/C13H9F3N2/c1-8-4-2-3-5-9(8)12-10(6-17)11(7-18-12)13(14,15)16/h2-5,7,18H,1H3. The molecule has 0 unspecified atom stereocenters. The molecule has 1 N–H and O–H groups in total. The van der Waals surface area contributed by atoms with Gasteiger partial charge in [-0.3, -0.25) is 0 Å². The Hall–Kier alpha value is -2.22. The van der Waals surface area contributed by atoms with Gasteiger partial charge < -0.3 is 4.98 Å². The molecule has 0 bridgehead atoms. The highest BCUT2D eigenvalue weighted by Crippen LogP contribution is 2.36. The van der Waals surface area contributed by atoms with E-state index in [-0.39, 0.29) is 11.3 Å². The topological polar surface area (TPSA) is 39.6 Å². The molecule has 0 aliphatic carbocycles. The van der Waals surface area contributed by atoms with Gasteiger partial charge in [0.15, 0.2) is 0 Å². The van der Waals surface area contributed by atoms with Gasteiger partial charge in [0.05, 0.1) is 16.8 Å². The number of hydrogen-bond donors (Lipinski definition) is 1. The molecule has 0 aliphatic heterocycles. The predicted octanol–water partition coefficient (Wildman–Crippen LogP) is 3.88. The maximum absolute atomic E-state index is 12.7. The number of aromatic amines is 1. The van der Waals surface area contributed by atoms with Gasteiger partial charge in [-0.25, -0.2) is 0 Å². The maximum Gasteiger partial charge on any atom is 0.419 e. The first-order valence-electron chi connectivity index (χ1n) is 5.20. The van der Waals surface area contributed by atoms with E-state index in [4.69, 9.17) is 5.26 Å². The van der Waals surface area contributed by atoms with Crippen molar-refractivity contribution in [1.29, 1.82) is 5.26 Å². The first kappa shape index (κ1) is 12.2. The lowest BCUT2D eigenvalue weighted by molar-refractivity contribution is -0.137. The molecule has 0 aliphatic rings. The van der Waals surface area contributed by atoms with Crippen LogP contribution < -0.4 is 0 Å². The number of halogens is 3. The number of rotatable bonds is 1. The molecule has 2 nitrogen and oxygen atoms in total. The summed E-state index contributed by atoms with van der Waals surface area (Å²) >= 11 is 0. The number of nitrogens with one attached hydrogen (secondary N) is 1. The normalized spacial score (nSPS) is 11.3. The lowest BCUT2D eigenvalue weighted by Crippen LogP contribution is -2.05. The Balaban J connectivity index is 2.66. The molecule has 1 heterocycles. The number of nitriles is 1. The molecule has 0 atom stereocenters. The Morgan fingerprint density at radius 2 is 1.89 bits per heavy atom. The van der Waals surface area contributed by atoms with Crippen molar-refractivity contribution in [3.8, 4) is 17.3 Å². The second-order valence-electron chi connectivity index (χ2n) is 3.88. The van der Waals surface area contributed by atoms with Crippen molar-refractivity contribution in [2.75, 3.05) is 0 Å². The fourth-order valence-corrected chi connectivity index (χ4v) is 1.83. The van der Waals surface area contributed by atoms with Crippen LogP contribution in [-0.4, -0.2) is 4.98 Å². The first-order chi connectivity index (χ1) is 8.45. The average Bonchev–Trinajstić information content (AvgIpc) is 2.72. The highest BCUT2D eigenvalue weighted by atomic mass is 19.4. The molecular formula is C13H9F3N2. The second kappa shape index (κ2) is 4.22.